The van der Waals surface area contributed by atoms with Crippen molar-refractivity contribution in [1.82, 2.24) is 9.97 Å². The van der Waals surface area contributed by atoms with Crippen LogP contribution in [0.3, 0.4) is 0 Å². The first kappa shape index (κ1) is 21.3. The van der Waals surface area contributed by atoms with Crippen LogP contribution in [0.4, 0.5) is 17.3 Å². The van der Waals surface area contributed by atoms with E-state index in [0.717, 1.165) is 22.5 Å². The number of anilines is 3. The molecule has 8 heteroatoms. The average Bonchev–Trinajstić information content (AvgIpc) is 3.10. The third-order valence-corrected chi connectivity index (χ3v) is 6.43. The van der Waals surface area contributed by atoms with Gasteiger partial charge in [0.1, 0.15) is 33.0 Å². The summed E-state index contributed by atoms with van der Waals surface area (Å²) in [6, 6.07) is 13.7. The zero-order chi connectivity index (χ0) is 23.0. The Hall–Kier alpha value is -3.96. The van der Waals surface area contributed by atoms with Crippen molar-refractivity contribution in [3.8, 4) is 17.2 Å². The summed E-state index contributed by atoms with van der Waals surface area (Å²) in [6.45, 7) is 6.09. The monoisotopic (exact) mass is 442 g/mol. The van der Waals surface area contributed by atoms with E-state index in [1.807, 2.05) is 37.3 Å². The van der Waals surface area contributed by atoms with Crippen LogP contribution in [0.1, 0.15) is 46.1 Å². The second-order valence-electron chi connectivity index (χ2n) is 7.78. The lowest BCUT2D eigenvalue weighted by Crippen LogP contribution is -2.13. The summed E-state index contributed by atoms with van der Waals surface area (Å²) in [4.78, 5) is 22.4. The molecule has 3 heterocycles. The van der Waals surface area contributed by atoms with Crippen molar-refractivity contribution in [3.63, 3.8) is 0 Å². The van der Waals surface area contributed by atoms with Gasteiger partial charge in [0.05, 0.1) is 5.69 Å². The molecule has 0 saturated heterocycles. The van der Waals surface area contributed by atoms with E-state index >= 15 is 0 Å². The number of nitrogens with two attached hydrogens (primary N) is 2. The molecule has 7 nitrogen and oxygen atoms in total. The number of nitrogens with zero attached hydrogens (tertiary/aromatic N) is 3. The van der Waals surface area contributed by atoms with Crippen LogP contribution in [0, 0.1) is 18.3 Å². The Balaban J connectivity index is 1.89. The van der Waals surface area contributed by atoms with Crippen LogP contribution in [0.5, 0.6) is 0 Å². The molecule has 4 rings (SSSR count). The van der Waals surface area contributed by atoms with Crippen LogP contribution in [0.25, 0.3) is 21.3 Å². The van der Waals surface area contributed by atoms with Gasteiger partial charge in [-0.25, -0.2) is 9.97 Å². The quantitative estimate of drug-likeness (QED) is 0.404. The highest BCUT2D eigenvalue weighted by Gasteiger charge is 2.24. The highest BCUT2D eigenvalue weighted by atomic mass is 32.1. The molecule has 1 aromatic carbocycles. The van der Waals surface area contributed by atoms with Gasteiger partial charge in [-0.15, -0.1) is 11.3 Å². The van der Waals surface area contributed by atoms with Crippen LogP contribution >= 0.6 is 11.3 Å². The smallest absolute Gasteiger partial charge is 0.269 e. The highest BCUT2D eigenvalue weighted by Crippen LogP contribution is 2.43. The number of nitriles is 1. The topological polar surface area (TPSA) is 131 Å². The van der Waals surface area contributed by atoms with Crippen LogP contribution in [0.15, 0.2) is 42.6 Å². The van der Waals surface area contributed by atoms with Crippen LogP contribution in [-0.2, 0) is 0 Å². The molecule has 32 heavy (non-hydrogen) atoms. The van der Waals surface area contributed by atoms with Crippen molar-refractivity contribution in [2.75, 3.05) is 16.8 Å². The summed E-state index contributed by atoms with van der Waals surface area (Å²) in [6.07, 6.45) is 1.61. The highest BCUT2D eigenvalue weighted by molar-refractivity contribution is 7.21. The number of amides is 1. The van der Waals surface area contributed by atoms with Crippen molar-refractivity contribution in [2.24, 2.45) is 0 Å². The second-order valence-corrected chi connectivity index (χ2v) is 8.78. The number of hydrogen-bond donors (Lipinski definition) is 3. The molecular formula is C24H22N6OS. The van der Waals surface area contributed by atoms with Crippen molar-refractivity contribution in [1.29, 1.82) is 5.26 Å². The van der Waals surface area contributed by atoms with E-state index in [0.29, 0.717) is 32.4 Å². The lowest BCUT2D eigenvalue weighted by Gasteiger charge is -2.11. The summed E-state index contributed by atoms with van der Waals surface area (Å²) in [5.74, 6) is 0.560. The second kappa shape index (κ2) is 8.29. The average molecular weight is 443 g/mol. The number of aromatic nitrogens is 2. The summed E-state index contributed by atoms with van der Waals surface area (Å²) in [7, 11) is 0. The van der Waals surface area contributed by atoms with Crippen molar-refractivity contribution in [3.05, 3.63) is 64.2 Å². The number of carbonyl (C=O) groups is 1. The molecule has 0 aliphatic heterocycles. The molecule has 1 amide bonds. The molecule has 3 aromatic heterocycles. The molecule has 0 spiro atoms. The Morgan fingerprint density at radius 2 is 1.91 bits per heavy atom. The fraction of sp³-hybridized carbons (Fsp3) is 0.167. The molecule has 0 bridgehead atoms. The number of aryl methyl sites for hydroxylation is 1. The number of hydrogen-bond acceptors (Lipinski definition) is 7. The Kier molecular flexibility index (Phi) is 5.51. The number of pyridine rings is 2. The minimum atomic E-state index is -0.384. The van der Waals surface area contributed by atoms with Gasteiger partial charge in [0.15, 0.2) is 0 Å². The third-order valence-electron chi connectivity index (χ3n) is 5.33. The van der Waals surface area contributed by atoms with Crippen molar-refractivity contribution < 1.29 is 4.79 Å². The predicted molar refractivity (Wildman–Crippen MR) is 130 cm³/mol. The predicted octanol–water partition coefficient (Wildman–Crippen LogP) is 5.08. The first-order chi connectivity index (χ1) is 15.3. The third kappa shape index (κ3) is 3.63. The van der Waals surface area contributed by atoms with Gasteiger partial charge >= 0.3 is 0 Å². The zero-order valence-electron chi connectivity index (χ0n) is 17.9. The lowest BCUT2D eigenvalue weighted by molar-refractivity contribution is 0.103. The van der Waals surface area contributed by atoms with Crippen molar-refractivity contribution in [2.45, 2.75) is 26.7 Å². The number of fused-ring (bicyclic) bond motifs is 1. The van der Waals surface area contributed by atoms with Gasteiger partial charge in [-0.05, 0) is 35.6 Å². The molecule has 0 aliphatic rings. The Bertz CT molecular complexity index is 1380. The van der Waals surface area contributed by atoms with Crippen LogP contribution in [-0.4, -0.2) is 15.9 Å². The van der Waals surface area contributed by atoms with Crippen LogP contribution < -0.4 is 16.8 Å². The first-order valence-corrected chi connectivity index (χ1v) is 10.9. The van der Waals surface area contributed by atoms with Gasteiger partial charge in [0.25, 0.3) is 5.91 Å². The fourth-order valence-electron chi connectivity index (χ4n) is 3.56. The number of thiophene rings is 1. The summed E-state index contributed by atoms with van der Waals surface area (Å²) >= 11 is 1.14. The maximum atomic E-state index is 13.0. The van der Waals surface area contributed by atoms with Gasteiger partial charge in [-0.2, -0.15) is 5.26 Å². The standard InChI is InChI=1S/C24H22N6OS/c1-12(2)14-6-8-15(9-7-14)17-16(11-25)21(27)29-24-18(17)19(26)20(32-24)23(31)30-22-13(3)5-4-10-28-22/h4-10,12H,26H2,1-3H3,(H2,27,29)(H,28,30,31). The Morgan fingerprint density at radius 1 is 1.19 bits per heavy atom. The van der Waals surface area contributed by atoms with Gasteiger partial charge in [0.2, 0.25) is 0 Å². The van der Waals surface area contributed by atoms with Gasteiger partial charge in [-0.1, -0.05) is 44.2 Å². The summed E-state index contributed by atoms with van der Waals surface area (Å²) < 4.78 is 0. The number of nitrogens with one attached hydrogen (secondary N) is 1. The van der Waals surface area contributed by atoms with E-state index in [1.165, 1.54) is 5.56 Å². The number of nitrogen functional groups attached to an aromatic ring is 2. The van der Waals surface area contributed by atoms with E-state index in [2.05, 4.69) is 35.2 Å². The molecule has 0 unspecified atom stereocenters. The Morgan fingerprint density at radius 3 is 2.53 bits per heavy atom. The summed E-state index contributed by atoms with van der Waals surface area (Å²) in [5.41, 5.74) is 16.5. The molecule has 0 fully saturated rings. The zero-order valence-corrected chi connectivity index (χ0v) is 18.7. The van der Waals surface area contributed by atoms with E-state index in [9.17, 15) is 10.1 Å². The lowest BCUT2D eigenvalue weighted by atomic mass is 9.94. The maximum Gasteiger partial charge on any atom is 0.269 e. The normalized spacial score (nSPS) is 11.0. The van der Waals surface area contributed by atoms with E-state index < -0.39 is 0 Å². The maximum absolute atomic E-state index is 13.0. The van der Waals surface area contributed by atoms with Crippen LogP contribution in [0.2, 0.25) is 0 Å². The van der Waals surface area contributed by atoms with Gasteiger partial charge < -0.3 is 16.8 Å². The molecular weight excluding hydrogens is 420 g/mol. The molecule has 0 aliphatic carbocycles. The SMILES string of the molecule is Cc1cccnc1NC(=O)c1sc2nc(N)c(C#N)c(-c3ccc(C(C)C)cc3)c2c1N. The minimum Gasteiger partial charge on any atom is -0.397 e. The minimum absolute atomic E-state index is 0.108. The molecule has 0 atom stereocenters. The molecule has 4 aromatic rings. The molecule has 0 radical (unpaired) electrons. The largest absolute Gasteiger partial charge is 0.397 e. The fourth-order valence-corrected chi connectivity index (χ4v) is 4.56. The van der Waals surface area contributed by atoms with E-state index in [1.54, 1.807) is 12.3 Å². The van der Waals surface area contributed by atoms with Gasteiger partial charge in [-0.3, -0.25) is 4.79 Å². The van der Waals surface area contributed by atoms with E-state index in [4.69, 9.17) is 11.5 Å². The Labute approximate surface area is 189 Å². The number of carbonyl (C=O) groups excluding carboxylic acids is 1. The summed E-state index contributed by atoms with van der Waals surface area (Å²) in [5, 5.41) is 13.2. The first-order valence-electron chi connectivity index (χ1n) is 10.1. The number of rotatable bonds is 4. The molecule has 0 saturated carbocycles. The van der Waals surface area contributed by atoms with E-state index in [-0.39, 0.29) is 23.0 Å². The number of benzene rings is 1. The van der Waals surface area contributed by atoms with Crippen molar-refractivity contribution >= 4 is 44.8 Å². The van der Waals surface area contributed by atoms with Gasteiger partial charge in [0, 0.05) is 17.1 Å². The molecule has 160 valence electrons. The molecule has 5 N–H and O–H groups in total.